The lowest BCUT2D eigenvalue weighted by Gasteiger charge is -2.06. The molecule has 0 fully saturated rings. The monoisotopic (exact) mass is 295 g/mol. The van der Waals surface area contributed by atoms with Crippen LogP contribution in [0.4, 0.5) is 5.82 Å². The first-order chi connectivity index (χ1) is 10.6. The number of carbonyl (C=O) groups excluding carboxylic acids is 1. The summed E-state index contributed by atoms with van der Waals surface area (Å²) in [5.41, 5.74) is 2.82. The van der Waals surface area contributed by atoms with Gasteiger partial charge in [0.1, 0.15) is 12.4 Å². The molecule has 2 heterocycles. The molecule has 0 atom stereocenters. The summed E-state index contributed by atoms with van der Waals surface area (Å²) in [6, 6.07) is 11.8. The lowest BCUT2D eigenvalue weighted by Crippen LogP contribution is -2.21. The highest BCUT2D eigenvalue weighted by Crippen LogP contribution is 2.16. The number of hydrogen-bond donors (Lipinski definition) is 1. The Morgan fingerprint density at radius 3 is 2.68 bits per heavy atom. The van der Waals surface area contributed by atoms with Crippen LogP contribution in [0.25, 0.3) is 11.3 Å². The standard InChI is InChI=1S/C16H17N5O/c1-12-10-17-20(2)16(12)18-15(22)11-21-9-8-14(19-21)13-6-4-3-5-7-13/h3-10H,11H2,1-2H3,(H,18,22). The number of aromatic nitrogens is 4. The number of rotatable bonds is 4. The van der Waals surface area contributed by atoms with E-state index in [2.05, 4.69) is 15.5 Å². The van der Waals surface area contributed by atoms with Gasteiger partial charge in [0.05, 0.1) is 11.9 Å². The second-order valence-electron chi connectivity index (χ2n) is 5.11. The number of nitrogens with zero attached hydrogens (tertiary/aromatic N) is 4. The minimum absolute atomic E-state index is 0.130. The molecule has 6 nitrogen and oxygen atoms in total. The third-order valence-corrected chi connectivity index (χ3v) is 3.40. The summed E-state index contributed by atoms with van der Waals surface area (Å²) in [7, 11) is 1.80. The number of amides is 1. The highest BCUT2D eigenvalue weighted by molar-refractivity contribution is 5.90. The lowest BCUT2D eigenvalue weighted by atomic mass is 10.2. The van der Waals surface area contributed by atoms with Crippen LogP contribution in [-0.4, -0.2) is 25.5 Å². The minimum atomic E-state index is -0.130. The van der Waals surface area contributed by atoms with Crippen molar-refractivity contribution >= 4 is 11.7 Å². The fourth-order valence-electron chi connectivity index (χ4n) is 2.26. The Morgan fingerprint density at radius 2 is 2.00 bits per heavy atom. The molecule has 0 aliphatic heterocycles. The van der Waals surface area contributed by atoms with Crippen LogP contribution in [0.2, 0.25) is 0 Å². The molecule has 112 valence electrons. The van der Waals surface area contributed by atoms with Crippen LogP contribution >= 0.6 is 0 Å². The topological polar surface area (TPSA) is 64.7 Å². The van der Waals surface area contributed by atoms with Crippen molar-refractivity contribution in [3.8, 4) is 11.3 Å². The largest absolute Gasteiger partial charge is 0.309 e. The molecule has 3 rings (SSSR count). The number of hydrogen-bond acceptors (Lipinski definition) is 3. The fourth-order valence-corrected chi connectivity index (χ4v) is 2.26. The quantitative estimate of drug-likeness (QED) is 0.802. The maximum atomic E-state index is 12.1. The minimum Gasteiger partial charge on any atom is -0.309 e. The van der Waals surface area contributed by atoms with Gasteiger partial charge in [-0.25, -0.2) is 0 Å². The van der Waals surface area contributed by atoms with E-state index in [1.54, 1.807) is 28.8 Å². The fraction of sp³-hybridized carbons (Fsp3) is 0.188. The van der Waals surface area contributed by atoms with Crippen LogP contribution < -0.4 is 5.32 Å². The molecule has 0 aliphatic carbocycles. The van der Waals surface area contributed by atoms with Gasteiger partial charge >= 0.3 is 0 Å². The van der Waals surface area contributed by atoms with Crippen molar-refractivity contribution < 1.29 is 4.79 Å². The zero-order valence-electron chi connectivity index (χ0n) is 12.5. The zero-order chi connectivity index (χ0) is 15.5. The summed E-state index contributed by atoms with van der Waals surface area (Å²) < 4.78 is 3.27. The van der Waals surface area contributed by atoms with E-state index < -0.39 is 0 Å². The number of aryl methyl sites for hydroxylation is 2. The van der Waals surface area contributed by atoms with Gasteiger partial charge in [0, 0.05) is 24.4 Å². The highest BCUT2D eigenvalue weighted by atomic mass is 16.2. The first-order valence-corrected chi connectivity index (χ1v) is 7.01. The van der Waals surface area contributed by atoms with Crippen molar-refractivity contribution in [1.29, 1.82) is 0 Å². The second-order valence-corrected chi connectivity index (χ2v) is 5.11. The average Bonchev–Trinajstić information content (AvgIpc) is 3.10. The third-order valence-electron chi connectivity index (χ3n) is 3.40. The normalized spacial score (nSPS) is 10.6. The van der Waals surface area contributed by atoms with Gasteiger partial charge in [-0.05, 0) is 13.0 Å². The van der Waals surface area contributed by atoms with Gasteiger partial charge < -0.3 is 5.32 Å². The summed E-state index contributed by atoms with van der Waals surface area (Å²) in [6.07, 6.45) is 3.52. The van der Waals surface area contributed by atoms with E-state index in [1.807, 2.05) is 43.3 Å². The number of nitrogens with one attached hydrogen (secondary N) is 1. The summed E-state index contributed by atoms with van der Waals surface area (Å²) in [5.74, 6) is 0.579. The van der Waals surface area contributed by atoms with E-state index in [0.717, 1.165) is 16.8 Å². The van der Waals surface area contributed by atoms with E-state index >= 15 is 0 Å². The van der Waals surface area contributed by atoms with E-state index in [0.29, 0.717) is 5.82 Å². The molecule has 1 N–H and O–H groups in total. The van der Waals surface area contributed by atoms with Gasteiger partial charge in [-0.1, -0.05) is 30.3 Å². The molecular formula is C16H17N5O. The lowest BCUT2D eigenvalue weighted by molar-refractivity contribution is -0.116. The van der Waals surface area contributed by atoms with Crippen molar-refractivity contribution in [3.05, 3.63) is 54.4 Å². The Hall–Kier alpha value is -2.89. The molecule has 0 saturated carbocycles. The van der Waals surface area contributed by atoms with Crippen LogP contribution in [0.5, 0.6) is 0 Å². The molecule has 0 aliphatic rings. The van der Waals surface area contributed by atoms with E-state index in [-0.39, 0.29) is 12.5 Å². The molecule has 22 heavy (non-hydrogen) atoms. The van der Waals surface area contributed by atoms with Gasteiger partial charge in [-0.3, -0.25) is 14.2 Å². The molecule has 0 spiro atoms. The van der Waals surface area contributed by atoms with Crippen LogP contribution in [0.1, 0.15) is 5.56 Å². The molecule has 1 amide bonds. The number of benzene rings is 1. The maximum Gasteiger partial charge on any atom is 0.247 e. The average molecular weight is 295 g/mol. The Kier molecular flexibility index (Phi) is 3.74. The van der Waals surface area contributed by atoms with Gasteiger partial charge in [0.15, 0.2) is 0 Å². The molecule has 6 heteroatoms. The van der Waals surface area contributed by atoms with Crippen molar-refractivity contribution in [2.75, 3.05) is 5.32 Å². The highest BCUT2D eigenvalue weighted by Gasteiger charge is 2.10. The van der Waals surface area contributed by atoms with Gasteiger partial charge in [-0.2, -0.15) is 10.2 Å². The maximum absolute atomic E-state index is 12.1. The smallest absolute Gasteiger partial charge is 0.247 e. The van der Waals surface area contributed by atoms with Crippen molar-refractivity contribution in [3.63, 3.8) is 0 Å². The van der Waals surface area contributed by atoms with Crippen LogP contribution in [-0.2, 0) is 18.4 Å². The molecule has 0 saturated heterocycles. The van der Waals surface area contributed by atoms with Crippen LogP contribution in [0.15, 0.2) is 48.8 Å². The van der Waals surface area contributed by atoms with Crippen molar-refractivity contribution in [2.24, 2.45) is 7.05 Å². The Morgan fingerprint density at radius 1 is 1.23 bits per heavy atom. The molecule has 2 aromatic heterocycles. The van der Waals surface area contributed by atoms with Crippen LogP contribution in [0.3, 0.4) is 0 Å². The van der Waals surface area contributed by atoms with Crippen molar-refractivity contribution in [2.45, 2.75) is 13.5 Å². The van der Waals surface area contributed by atoms with E-state index in [4.69, 9.17) is 0 Å². The Balaban J connectivity index is 1.69. The Labute approximate surface area is 128 Å². The second kappa shape index (κ2) is 5.85. The van der Waals surface area contributed by atoms with E-state index in [9.17, 15) is 4.79 Å². The SMILES string of the molecule is Cc1cnn(C)c1NC(=O)Cn1ccc(-c2ccccc2)n1. The first-order valence-electron chi connectivity index (χ1n) is 7.01. The molecule has 1 aromatic carbocycles. The van der Waals surface area contributed by atoms with Gasteiger partial charge in [0.25, 0.3) is 0 Å². The number of anilines is 1. The van der Waals surface area contributed by atoms with E-state index in [1.165, 1.54) is 0 Å². The van der Waals surface area contributed by atoms with Crippen LogP contribution in [0, 0.1) is 6.92 Å². The molecular weight excluding hydrogens is 278 g/mol. The van der Waals surface area contributed by atoms with Gasteiger partial charge in [0.2, 0.25) is 5.91 Å². The summed E-state index contributed by atoms with van der Waals surface area (Å²) >= 11 is 0. The number of carbonyl (C=O) groups is 1. The summed E-state index contributed by atoms with van der Waals surface area (Å²) in [4.78, 5) is 12.1. The predicted molar refractivity (Wildman–Crippen MR) is 84.2 cm³/mol. The predicted octanol–water partition coefficient (Wildman–Crippen LogP) is 2.23. The Bertz CT molecular complexity index is 768. The molecule has 0 bridgehead atoms. The zero-order valence-corrected chi connectivity index (χ0v) is 12.5. The molecule has 0 unspecified atom stereocenters. The first kappa shape index (κ1) is 14.1. The third kappa shape index (κ3) is 2.90. The molecule has 3 aromatic rings. The van der Waals surface area contributed by atoms with Crippen molar-refractivity contribution in [1.82, 2.24) is 19.6 Å². The summed E-state index contributed by atoms with van der Waals surface area (Å²) in [5, 5.41) is 11.4. The van der Waals surface area contributed by atoms with Gasteiger partial charge in [-0.15, -0.1) is 0 Å². The molecule has 0 radical (unpaired) electrons. The summed E-state index contributed by atoms with van der Waals surface area (Å²) in [6.45, 7) is 2.07.